The molecule has 1 heterocycles. The Morgan fingerprint density at radius 3 is 2.76 bits per heavy atom. The van der Waals surface area contributed by atoms with Crippen molar-refractivity contribution in [3.63, 3.8) is 0 Å². The van der Waals surface area contributed by atoms with Crippen LogP contribution >= 0.6 is 0 Å². The fraction of sp³-hybridized carbons (Fsp3) is 0.375. The molecule has 0 saturated heterocycles. The van der Waals surface area contributed by atoms with Crippen molar-refractivity contribution < 1.29 is 9.21 Å². The number of nitrogens with one attached hydrogen (secondary N) is 1. The van der Waals surface area contributed by atoms with Gasteiger partial charge in [0.05, 0.1) is 6.04 Å². The second-order valence-corrected chi connectivity index (χ2v) is 5.36. The van der Waals surface area contributed by atoms with E-state index in [1.54, 1.807) is 12.1 Å². The van der Waals surface area contributed by atoms with E-state index in [0.29, 0.717) is 11.3 Å². The van der Waals surface area contributed by atoms with Crippen molar-refractivity contribution in [1.82, 2.24) is 0 Å². The number of aryl methyl sites for hydroxylation is 1. The van der Waals surface area contributed by atoms with Gasteiger partial charge < -0.3 is 15.5 Å². The fourth-order valence-corrected chi connectivity index (χ4v) is 2.14. The number of amides is 1. The smallest absolute Gasteiger partial charge is 0.336 e. The summed E-state index contributed by atoms with van der Waals surface area (Å²) in [7, 11) is 0. The van der Waals surface area contributed by atoms with E-state index in [9.17, 15) is 9.59 Å². The summed E-state index contributed by atoms with van der Waals surface area (Å²) in [6.07, 6.45) is 0.834. The zero-order chi connectivity index (χ0) is 15.6. The van der Waals surface area contributed by atoms with Crippen LogP contribution in [0.1, 0.15) is 25.8 Å². The minimum Gasteiger partial charge on any atom is -0.423 e. The van der Waals surface area contributed by atoms with Crippen molar-refractivity contribution in [2.75, 3.05) is 5.32 Å². The van der Waals surface area contributed by atoms with Crippen molar-refractivity contribution >= 4 is 22.6 Å². The number of benzene rings is 1. The minimum absolute atomic E-state index is 0.102. The van der Waals surface area contributed by atoms with E-state index < -0.39 is 11.7 Å². The lowest BCUT2D eigenvalue weighted by atomic mass is 9.99. The summed E-state index contributed by atoms with van der Waals surface area (Å²) in [5.74, 6) is -0.135. The largest absolute Gasteiger partial charge is 0.423 e. The lowest BCUT2D eigenvalue weighted by molar-refractivity contribution is -0.118. The van der Waals surface area contributed by atoms with Gasteiger partial charge >= 0.3 is 5.63 Å². The van der Waals surface area contributed by atoms with Crippen molar-refractivity contribution in [3.8, 4) is 0 Å². The molecule has 3 N–H and O–H groups in total. The SMILES string of the molecule is CC[C@H](C)[C@H](N)C(=O)Nc1ccc2c(C)cc(=O)oc2c1. The van der Waals surface area contributed by atoms with Crippen molar-refractivity contribution in [3.05, 3.63) is 40.2 Å². The Kier molecular flexibility index (Phi) is 4.43. The van der Waals surface area contributed by atoms with Gasteiger partial charge in [-0.25, -0.2) is 4.79 Å². The number of fused-ring (bicyclic) bond motifs is 1. The molecule has 5 nitrogen and oxygen atoms in total. The molecular formula is C16H20N2O3. The van der Waals surface area contributed by atoms with Crippen molar-refractivity contribution in [2.24, 2.45) is 11.7 Å². The van der Waals surface area contributed by atoms with Crippen LogP contribution in [0.25, 0.3) is 11.0 Å². The van der Waals surface area contributed by atoms with E-state index >= 15 is 0 Å². The molecule has 21 heavy (non-hydrogen) atoms. The molecule has 0 bridgehead atoms. The Hall–Kier alpha value is -2.14. The molecule has 1 amide bonds. The highest BCUT2D eigenvalue weighted by atomic mass is 16.4. The van der Waals surface area contributed by atoms with Gasteiger partial charge in [0.2, 0.25) is 5.91 Å². The molecule has 0 radical (unpaired) electrons. The first-order valence-electron chi connectivity index (χ1n) is 7.03. The third-order valence-electron chi connectivity index (χ3n) is 3.78. The Labute approximate surface area is 123 Å². The van der Waals surface area contributed by atoms with E-state index in [4.69, 9.17) is 10.2 Å². The quantitative estimate of drug-likeness (QED) is 0.846. The summed E-state index contributed by atoms with van der Waals surface area (Å²) in [5, 5.41) is 3.61. The van der Waals surface area contributed by atoms with Crippen LogP contribution in [0.2, 0.25) is 0 Å². The van der Waals surface area contributed by atoms with Gasteiger partial charge in [0.15, 0.2) is 0 Å². The Bertz CT molecular complexity index is 721. The highest BCUT2D eigenvalue weighted by Crippen LogP contribution is 2.21. The Morgan fingerprint density at radius 1 is 1.38 bits per heavy atom. The molecule has 1 aromatic carbocycles. The molecule has 1 aromatic heterocycles. The summed E-state index contributed by atoms with van der Waals surface area (Å²) in [6.45, 7) is 5.77. The molecule has 5 heteroatoms. The van der Waals surface area contributed by atoms with Crippen LogP contribution in [0.4, 0.5) is 5.69 Å². The van der Waals surface area contributed by atoms with Crippen LogP contribution in [0.3, 0.4) is 0 Å². The summed E-state index contributed by atoms with van der Waals surface area (Å²) < 4.78 is 5.16. The lowest BCUT2D eigenvalue weighted by Crippen LogP contribution is -2.40. The number of nitrogens with two attached hydrogens (primary N) is 1. The predicted octanol–water partition coefficient (Wildman–Crippen LogP) is 2.41. The van der Waals surface area contributed by atoms with Gasteiger partial charge in [0, 0.05) is 23.2 Å². The molecule has 2 rings (SSSR count). The number of anilines is 1. The van der Waals surface area contributed by atoms with E-state index in [2.05, 4.69) is 5.32 Å². The van der Waals surface area contributed by atoms with Gasteiger partial charge in [0.1, 0.15) is 5.58 Å². The number of hydrogen-bond acceptors (Lipinski definition) is 4. The fourth-order valence-electron chi connectivity index (χ4n) is 2.14. The highest BCUT2D eigenvalue weighted by molar-refractivity contribution is 5.96. The third-order valence-corrected chi connectivity index (χ3v) is 3.78. The summed E-state index contributed by atoms with van der Waals surface area (Å²) >= 11 is 0. The van der Waals surface area contributed by atoms with Gasteiger partial charge in [-0.1, -0.05) is 20.3 Å². The zero-order valence-electron chi connectivity index (χ0n) is 12.5. The van der Waals surface area contributed by atoms with Gasteiger partial charge in [-0.2, -0.15) is 0 Å². The molecule has 0 spiro atoms. The average molecular weight is 288 g/mol. The molecule has 112 valence electrons. The van der Waals surface area contributed by atoms with E-state index in [1.807, 2.05) is 26.8 Å². The maximum atomic E-state index is 12.1. The first-order valence-corrected chi connectivity index (χ1v) is 7.03. The molecule has 0 saturated carbocycles. The normalized spacial score (nSPS) is 13.9. The number of hydrogen-bond donors (Lipinski definition) is 2. The van der Waals surface area contributed by atoms with Crippen LogP contribution in [-0.2, 0) is 4.79 Å². The van der Waals surface area contributed by atoms with Crippen molar-refractivity contribution in [1.29, 1.82) is 0 Å². The second kappa shape index (κ2) is 6.10. The summed E-state index contributed by atoms with van der Waals surface area (Å²) in [5.41, 5.74) is 7.36. The Balaban J connectivity index is 2.28. The molecule has 0 aliphatic rings. The van der Waals surface area contributed by atoms with Crippen LogP contribution in [0.5, 0.6) is 0 Å². The van der Waals surface area contributed by atoms with Crippen LogP contribution in [0.15, 0.2) is 33.5 Å². The molecular weight excluding hydrogens is 268 g/mol. The minimum atomic E-state index is -0.560. The second-order valence-electron chi connectivity index (χ2n) is 5.36. The van der Waals surface area contributed by atoms with E-state index in [0.717, 1.165) is 17.4 Å². The molecule has 2 atom stereocenters. The van der Waals surface area contributed by atoms with Gasteiger partial charge in [-0.3, -0.25) is 4.79 Å². The van der Waals surface area contributed by atoms with Crippen LogP contribution in [0, 0.1) is 12.8 Å². The monoisotopic (exact) mass is 288 g/mol. The maximum absolute atomic E-state index is 12.1. The van der Waals surface area contributed by atoms with E-state index in [1.165, 1.54) is 6.07 Å². The predicted molar refractivity (Wildman–Crippen MR) is 83.3 cm³/mol. The molecule has 0 aliphatic heterocycles. The first kappa shape index (κ1) is 15.3. The first-order chi connectivity index (χ1) is 9.92. The molecule has 2 aromatic rings. The van der Waals surface area contributed by atoms with Crippen LogP contribution < -0.4 is 16.7 Å². The number of carbonyl (C=O) groups excluding carboxylic acids is 1. The topological polar surface area (TPSA) is 85.3 Å². The number of rotatable bonds is 4. The van der Waals surface area contributed by atoms with Gasteiger partial charge in [-0.05, 0) is 30.5 Å². The molecule has 0 aliphatic carbocycles. The maximum Gasteiger partial charge on any atom is 0.336 e. The standard InChI is InChI=1S/C16H20N2O3/c1-4-9(2)15(17)16(20)18-11-5-6-12-10(3)7-14(19)21-13(12)8-11/h5-9,15H,4,17H2,1-3H3,(H,18,20)/t9-,15-/m0/s1. The Morgan fingerprint density at radius 2 is 2.10 bits per heavy atom. The van der Waals surface area contributed by atoms with Gasteiger partial charge in [-0.15, -0.1) is 0 Å². The van der Waals surface area contributed by atoms with Crippen molar-refractivity contribution in [2.45, 2.75) is 33.2 Å². The molecule has 0 fully saturated rings. The summed E-state index contributed by atoms with van der Waals surface area (Å²) in [6, 6.07) is 6.12. The zero-order valence-corrected chi connectivity index (χ0v) is 12.5. The van der Waals surface area contributed by atoms with E-state index in [-0.39, 0.29) is 11.8 Å². The number of carbonyl (C=O) groups is 1. The van der Waals surface area contributed by atoms with Gasteiger partial charge in [0.25, 0.3) is 0 Å². The molecule has 0 unspecified atom stereocenters. The lowest BCUT2D eigenvalue weighted by Gasteiger charge is -2.17. The third kappa shape index (κ3) is 3.31. The highest BCUT2D eigenvalue weighted by Gasteiger charge is 2.19. The van der Waals surface area contributed by atoms with Crippen LogP contribution in [-0.4, -0.2) is 11.9 Å². The summed E-state index contributed by atoms with van der Waals surface area (Å²) in [4.78, 5) is 23.5. The average Bonchev–Trinajstić information content (AvgIpc) is 2.44.